The lowest BCUT2D eigenvalue weighted by Crippen LogP contribution is -1.89. The van der Waals surface area contributed by atoms with E-state index in [4.69, 9.17) is 15.0 Å². The van der Waals surface area contributed by atoms with Crippen LogP contribution >= 0.6 is 0 Å². The molecule has 3 aromatic rings. The zero-order valence-corrected chi connectivity index (χ0v) is 10.9. The second-order valence-electron chi connectivity index (χ2n) is 4.24. The molecule has 0 saturated carbocycles. The predicted molar refractivity (Wildman–Crippen MR) is 76.1 cm³/mol. The largest absolute Gasteiger partial charge is 0.497 e. The second-order valence-corrected chi connectivity index (χ2v) is 4.24. The number of nitrogens with zero attached hydrogens (tertiary/aromatic N) is 2. The van der Waals surface area contributed by atoms with Gasteiger partial charge in [0, 0.05) is 18.0 Å². The molecule has 0 saturated heterocycles. The highest BCUT2D eigenvalue weighted by atomic mass is 16.5. The van der Waals surface area contributed by atoms with Gasteiger partial charge in [-0.05, 0) is 29.8 Å². The van der Waals surface area contributed by atoms with E-state index in [-0.39, 0.29) is 0 Å². The number of rotatable bonds is 3. The average Bonchev–Trinajstić information content (AvgIpc) is 2.90. The van der Waals surface area contributed by atoms with Crippen LogP contribution in [0, 0.1) is 0 Å². The third-order valence-corrected chi connectivity index (χ3v) is 3.02. The van der Waals surface area contributed by atoms with Gasteiger partial charge in [0.1, 0.15) is 5.75 Å². The minimum Gasteiger partial charge on any atom is -0.497 e. The highest BCUT2D eigenvalue weighted by Gasteiger charge is 2.17. The molecular weight excluding hydrogens is 254 g/mol. The molecule has 100 valence electrons. The quantitative estimate of drug-likeness (QED) is 0.789. The van der Waals surface area contributed by atoms with Crippen molar-refractivity contribution in [3.8, 4) is 28.2 Å². The molecule has 0 radical (unpaired) electrons. The van der Waals surface area contributed by atoms with E-state index in [2.05, 4.69) is 10.1 Å². The first-order valence-electron chi connectivity index (χ1n) is 6.09. The molecule has 2 N–H and O–H groups in total. The third-order valence-electron chi connectivity index (χ3n) is 3.02. The van der Waals surface area contributed by atoms with Crippen LogP contribution in [0.4, 0.5) is 5.82 Å². The zero-order chi connectivity index (χ0) is 13.9. The Morgan fingerprint density at radius 3 is 2.55 bits per heavy atom. The van der Waals surface area contributed by atoms with E-state index in [0.29, 0.717) is 11.6 Å². The van der Waals surface area contributed by atoms with Crippen molar-refractivity contribution in [3.63, 3.8) is 0 Å². The Morgan fingerprint density at radius 1 is 1.10 bits per heavy atom. The first-order chi connectivity index (χ1) is 9.79. The van der Waals surface area contributed by atoms with Crippen molar-refractivity contribution < 1.29 is 9.26 Å². The summed E-state index contributed by atoms with van der Waals surface area (Å²) >= 11 is 0. The number of pyridine rings is 1. The molecule has 5 heteroatoms. The fourth-order valence-electron chi connectivity index (χ4n) is 2.03. The number of nitrogen functional groups attached to an aromatic ring is 1. The summed E-state index contributed by atoms with van der Waals surface area (Å²) in [6.07, 6.45) is 3.42. The topological polar surface area (TPSA) is 74.2 Å². The van der Waals surface area contributed by atoms with Crippen LogP contribution in [0.2, 0.25) is 0 Å². The lowest BCUT2D eigenvalue weighted by molar-refractivity contribution is 0.415. The van der Waals surface area contributed by atoms with Crippen molar-refractivity contribution in [2.45, 2.75) is 0 Å². The number of nitrogens with two attached hydrogens (primary N) is 1. The van der Waals surface area contributed by atoms with Gasteiger partial charge >= 0.3 is 0 Å². The Balaban J connectivity index is 2.11. The van der Waals surface area contributed by atoms with Crippen molar-refractivity contribution in [3.05, 3.63) is 48.8 Å². The van der Waals surface area contributed by atoms with Gasteiger partial charge in [0.25, 0.3) is 0 Å². The standard InChI is InChI=1S/C15H13N3O2/c1-19-12-6-4-10(5-7-12)13-14(20-18-15(13)16)11-3-2-8-17-9-11/h2-9H,1H3,(H2,16,18). The Kier molecular flexibility index (Phi) is 3.09. The summed E-state index contributed by atoms with van der Waals surface area (Å²) in [7, 11) is 1.63. The van der Waals surface area contributed by atoms with Crippen LogP contribution in [0.15, 0.2) is 53.3 Å². The summed E-state index contributed by atoms with van der Waals surface area (Å²) in [5.41, 5.74) is 8.44. The van der Waals surface area contributed by atoms with Crippen LogP contribution in [0.3, 0.4) is 0 Å². The summed E-state index contributed by atoms with van der Waals surface area (Å²) in [4.78, 5) is 4.08. The molecule has 3 rings (SSSR count). The highest BCUT2D eigenvalue weighted by Crippen LogP contribution is 2.36. The Hall–Kier alpha value is -2.82. The lowest BCUT2D eigenvalue weighted by Gasteiger charge is -2.04. The molecule has 0 amide bonds. The van der Waals surface area contributed by atoms with Crippen molar-refractivity contribution in [2.24, 2.45) is 0 Å². The minimum absolute atomic E-state index is 0.356. The van der Waals surface area contributed by atoms with E-state index in [1.54, 1.807) is 19.5 Å². The van der Waals surface area contributed by atoms with Gasteiger partial charge in [-0.2, -0.15) is 0 Å². The second kappa shape index (κ2) is 5.05. The maximum Gasteiger partial charge on any atom is 0.178 e. The maximum atomic E-state index is 5.92. The van der Waals surface area contributed by atoms with Gasteiger partial charge in [0.2, 0.25) is 0 Å². The Bertz CT molecular complexity index is 706. The van der Waals surface area contributed by atoms with Gasteiger partial charge < -0.3 is 15.0 Å². The Labute approximate surface area is 116 Å². The summed E-state index contributed by atoms with van der Waals surface area (Å²) in [5, 5.41) is 3.86. The van der Waals surface area contributed by atoms with Crippen LogP contribution in [0.1, 0.15) is 0 Å². The SMILES string of the molecule is COc1ccc(-c2c(N)noc2-c2cccnc2)cc1. The molecule has 0 bridgehead atoms. The zero-order valence-electron chi connectivity index (χ0n) is 10.9. The van der Waals surface area contributed by atoms with Gasteiger partial charge in [-0.25, -0.2) is 0 Å². The number of benzene rings is 1. The van der Waals surface area contributed by atoms with E-state index in [0.717, 1.165) is 22.4 Å². The fourth-order valence-corrected chi connectivity index (χ4v) is 2.03. The van der Waals surface area contributed by atoms with E-state index in [9.17, 15) is 0 Å². The predicted octanol–water partition coefficient (Wildman–Crippen LogP) is 2.99. The summed E-state index contributed by atoms with van der Waals surface area (Å²) in [6.45, 7) is 0. The van der Waals surface area contributed by atoms with Crippen LogP contribution in [-0.4, -0.2) is 17.3 Å². The van der Waals surface area contributed by atoms with Crippen molar-refractivity contribution in [2.75, 3.05) is 12.8 Å². The molecule has 0 unspecified atom stereocenters. The van der Waals surface area contributed by atoms with Gasteiger partial charge in [-0.1, -0.05) is 17.3 Å². The number of hydrogen-bond acceptors (Lipinski definition) is 5. The maximum absolute atomic E-state index is 5.92. The molecule has 0 aliphatic heterocycles. The normalized spacial score (nSPS) is 10.4. The van der Waals surface area contributed by atoms with E-state index in [1.807, 2.05) is 36.4 Å². The van der Waals surface area contributed by atoms with Gasteiger partial charge in [-0.3, -0.25) is 4.98 Å². The van der Waals surface area contributed by atoms with Crippen LogP contribution < -0.4 is 10.5 Å². The molecule has 5 nitrogen and oxygen atoms in total. The van der Waals surface area contributed by atoms with Crippen LogP contribution in [0.5, 0.6) is 5.75 Å². The van der Waals surface area contributed by atoms with Gasteiger partial charge in [0.05, 0.1) is 12.7 Å². The summed E-state index contributed by atoms with van der Waals surface area (Å²) < 4.78 is 10.5. The first-order valence-corrected chi connectivity index (χ1v) is 6.09. The van der Waals surface area contributed by atoms with Gasteiger partial charge in [-0.15, -0.1) is 0 Å². The van der Waals surface area contributed by atoms with Crippen molar-refractivity contribution >= 4 is 5.82 Å². The number of anilines is 1. The summed E-state index contributed by atoms with van der Waals surface area (Å²) in [6, 6.07) is 11.3. The molecule has 0 atom stereocenters. The minimum atomic E-state index is 0.356. The van der Waals surface area contributed by atoms with Gasteiger partial charge in [0.15, 0.2) is 11.6 Å². The summed E-state index contributed by atoms with van der Waals surface area (Å²) in [5.74, 6) is 1.75. The monoisotopic (exact) mass is 267 g/mol. The van der Waals surface area contributed by atoms with E-state index in [1.165, 1.54) is 0 Å². The number of aromatic nitrogens is 2. The molecule has 0 aliphatic carbocycles. The molecule has 0 spiro atoms. The smallest absolute Gasteiger partial charge is 0.178 e. The van der Waals surface area contributed by atoms with Crippen LogP contribution in [0.25, 0.3) is 22.5 Å². The van der Waals surface area contributed by atoms with Crippen molar-refractivity contribution in [1.29, 1.82) is 0 Å². The highest BCUT2D eigenvalue weighted by molar-refractivity contribution is 5.86. The molecule has 0 fully saturated rings. The molecule has 0 aliphatic rings. The third kappa shape index (κ3) is 2.09. The fraction of sp³-hybridized carbons (Fsp3) is 0.0667. The molecular formula is C15H13N3O2. The molecule has 2 aromatic heterocycles. The molecule has 2 heterocycles. The number of hydrogen-bond donors (Lipinski definition) is 1. The first kappa shape index (κ1) is 12.2. The molecule has 20 heavy (non-hydrogen) atoms. The number of ether oxygens (including phenoxy) is 1. The van der Waals surface area contributed by atoms with E-state index < -0.39 is 0 Å². The van der Waals surface area contributed by atoms with Crippen LogP contribution in [-0.2, 0) is 0 Å². The Morgan fingerprint density at radius 2 is 1.90 bits per heavy atom. The lowest BCUT2D eigenvalue weighted by atomic mass is 10.0. The number of methoxy groups -OCH3 is 1. The van der Waals surface area contributed by atoms with E-state index >= 15 is 0 Å². The van der Waals surface area contributed by atoms with Crippen molar-refractivity contribution in [1.82, 2.24) is 10.1 Å². The molecule has 1 aromatic carbocycles. The average molecular weight is 267 g/mol.